The number of hydrogen-bond acceptors (Lipinski definition) is 2. The largest absolute Gasteiger partial charge is 0.314 e. The van der Waals surface area contributed by atoms with Crippen molar-refractivity contribution in [2.45, 2.75) is 65.5 Å². The van der Waals surface area contributed by atoms with Crippen LogP contribution in [0.1, 0.15) is 53.4 Å². The molecule has 0 fully saturated rings. The smallest absolute Gasteiger partial charge is 0.00785 e. The SMILES string of the molecule is CCCCN(C)C(C)CC(C)NCCC. The first-order chi connectivity index (χ1) is 7.11. The van der Waals surface area contributed by atoms with Gasteiger partial charge in [0.25, 0.3) is 0 Å². The van der Waals surface area contributed by atoms with Gasteiger partial charge in [0.1, 0.15) is 0 Å². The van der Waals surface area contributed by atoms with Gasteiger partial charge in [-0.3, -0.25) is 0 Å². The van der Waals surface area contributed by atoms with Gasteiger partial charge in [0.2, 0.25) is 0 Å². The first kappa shape index (κ1) is 14.9. The lowest BCUT2D eigenvalue weighted by Gasteiger charge is -2.27. The van der Waals surface area contributed by atoms with Gasteiger partial charge in [-0.05, 0) is 53.2 Å². The normalized spacial score (nSPS) is 15.6. The average Bonchev–Trinajstić information content (AvgIpc) is 2.22. The Balaban J connectivity index is 3.64. The summed E-state index contributed by atoms with van der Waals surface area (Å²) in [5, 5.41) is 3.55. The highest BCUT2D eigenvalue weighted by Gasteiger charge is 2.11. The number of nitrogens with one attached hydrogen (secondary N) is 1. The molecule has 2 unspecified atom stereocenters. The van der Waals surface area contributed by atoms with Gasteiger partial charge in [-0.25, -0.2) is 0 Å². The monoisotopic (exact) mass is 214 g/mol. The van der Waals surface area contributed by atoms with E-state index < -0.39 is 0 Å². The number of nitrogens with zero attached hydrogens (tertiary/aromatic N) is 1. The Morgan fingerprint density at radius 1 is 1.13 bits per heavy atom. The van der Waals surface area contributed by atoms with Crippen LogP contribution in [0, 0.1) is 0 Å². The van der Waals surface area contributed by atoms with Gasteiger partial charge in [-0.2, -0.15) is 0 Å². The third-order valence-electron chi connectivity index (χ3n) is 3.05. The summed E-state index contributed by atoms with van der Waals surface area (Å²) < 4.78 is 0. The van der Waals surface area contributed by atoms with Crippen molar-refractivity contribution in [2.75, 3.05) is 20.1 Å². The van der Waals surface area contributed by atoms with E-state index in [2.05, 4.69) is 45.0 Å². The highest BCUT2D eigenvalue weighted by molar-refractivity contribution is 4.70. The van der Waals surface area contributed by atoms with Crippen LogP contribution in [0.3, 0.4) is 0 Å². The molecule has 0 aliphatic heterocycles. The highest BCUT2D eigenvalue weighted by atomic mass is 15.1. The van der Waals surface area contributed by atoms with Crippen LogP contribution in [-0.2, 0) is 0 Å². The summed E-state index contributed by atoms with van der Waals surface area (Å²) in [5.41, 5.74) is 0. The maximum Gasteiger partial charge on any atom is 0.00785 e. The first-order valence-corrected chi connectivity index (χ1v) is 6.55. The topological polar surface area (TPSA) is 15.3 Å². The summed E-state index contributed by atoms with van der Waals surface area (Å²) in [6, 6.07) is 1.33. The molecule has 0 heterocycles. The van der Waals surface area contributed by atoms with E-state index >= 15 is 0 Å². The molecule has 0 aromatic heterocycles. The van der Waals surface area contributed by atoms with Crippen molar-refractivity contribution in [1.29, 1.82) is 0 Å². The van der Waals surface area contributed by atoms with E-state index in [9.17, 15) is 0 Å². The molecular formula is C13H30N2. The number of unbranched alkanes of at least 4 members (excludes halogenated alkanes) is 1. The maximum atomic E-state index is 3.55. The van der Waals surface area contributed by atoms with Crippen molar-refractivity contribution < 1.29 is 0 Å². The molecule has 0 aromatic rings. The summed E-state index contributed by atoms with van der Waals surface area (Å²) >= 11 is 0. The summed E-state index contributed by atoms with van der Waals surface area (Å²) in [5.74, 6) is 0. The molecule has 0 bridgehead atoms. The fourth-order valence-corrected chi connectivity index (χ4v) is 1.79. The van der Waals surface area contributed by atoms with Crippen molar-refractivity contribution in [2.24, 2.45) is 0 Å². The summed E-state index contributed by atoms with van der Waals surface area (Å²) in [6.45, 7) is 11.5. The molecule has 0 rings (SSSR count). The fraction of sp³-hybridized carbons (Fsp3) is 1.00. The van der Waals surface area contributed by atoms with E-state index in [0.29, 0.717) is 12.1 Å². The zero-order valence-corrected chi connectivity index (χ0v) is 11.3. The highest BCUT2D eigenvalue weighted by Crippen LogP contribution is 2.06. The minimum atomic E-state index is 0.643. The predicted octanol–water partition coefficient (Wildman–Crippen LogP) is 2.89. The van der Waals surface area contributed by atoms with Gasteiger partial charge >= 0.3 is 0 Å². The van der Waals surface area contributed by atoms with E-state index in [1.165, 1.54) is 32.2 Å². The van der Waals surface area contributed by atoms with Gasteiger partial charge < -0.3 is 10.2 Å². The molecule has 0 aliphatic carbocycles. The third kappa shape index (κ3) is 7.80. The molecule has 2 nitrogen and oxygen atoms in total. The van der Waals surface area contributed by atoms with Gasteiger partial charge in [0, 0.05) is 12.1 Å². The second-order valence-corrected chi connectivity index (χ2v) is 4.77. The van der Waals surface area contributed by atoms with Crippen LogP contribution >= 0.6 is 0 Å². The number of rotatable bonds is 9. The Morgan fingerprint density at radius 3 is 2.33 bits per heavy atom. The lowest BCUT2D eigenvalue weighted by atomic mass is 10.1. The standard InChI is InChI=1S/C13H30N2/c1-6-8-10-15(5)13(4)11-12(3)14-9-7-2/h12-14H,6-11H2,1-5H3. The fourth-order valence-electron chi connectivity index (χ4n) is 1.79. The van der Waals surface area contributed by atoms with Crippen molar-refractivity contribution in [1.82, 2.24) is 10.2 Å². The Hall–Kier alpha value is -0.0800. The van der Waals surface area contributed by atoms with Crippen LogP contribution < -0.4 is 5.32 Å². The summed E-state index contributed by atoms with van der Waals surface area (Å²) in [6.07, 6.45) is 5.09. The molecule has 0 amide bonds. The van der Waals surface area contributed by atoms with Gasteiger partial charge in [-0.15, -0.1) is 0 Å². The molecular weight excluding hydrogens is 184 g/mol. The minimum absolute atomic E-state index is 0.643. The first-order valence-electron chi connectivity index (χ1n) is 6.55. The summed E-state index contributed by atoms with van der Waals surface area (Å²) in [7, 11) is 2.24. The van der Waals surface area contributed by atoms with Crippen molar-refractivity contribution in [3.05, 3.63) is 0 Å². The Bertz CT molecular complexity index is 136. The third-order valence-corrected chi connectivity index (χ3v) is 3.05. The zero-order valence-electron chi connectivity index (χ0n) is 11.3. The molecule has 2 heteroatoms. The van der Waals surface area contributed by atoms with Gasteiger partial charge in [0.15, 0.2) is 0 Å². The molecule has 0 aliphatic rings. The minimum Gasteiger partial charge on any atom is -0.314 e. The molecule has 0 spiro atoms. The van der Waals surface area contributed by atoms with Crippen molar-refractivity contribution in [3.8, 4) is 0 Å². The second kappa shape index (κ2) is 9.17. The molecule has 15 heavy (non-hydrogen) atoms. The van der Waals surface area contributed by atoms with Crippen LogP contribution in [0.25, 0.3) is 0 Å². The average molecular weight is 214 g/mol. The Kier molecular flexibility index (Phi) is 9.12. The van der Waals surface area contributed by atoms with E-state index in [1.54, 1.807) is 0 Å². The van der Waals surface area contributed by atoms with Crippen LogP contribution in [-0.4, -0.2) is 37.1 Å². The molecule has 0 saturated carbocycles. The van der Waals surface area contributed by atoms with Gasteiger partial charge in [-0.1, -0.05) is 20.3 Å². The molecule has 0 aromatic carbocycles. The Labute approximate surface area is 96.4 Å². The predicted molar refractivity (Wildman–Crippen MR) is 69.4 cm³/mol. The van der Waals surface area contributed by atoms with E-state index in [0.717, 1.165) is 6.54 Å². The maximum absolute atomic E-state index is 3.55. The molecule has 2 atom stereocenters. The molecule has 1 N–H and O–H groups in total. The molecule has 0 saturated heterocycles. The second-order valence-electron chi connectivity index (χ2n) is 4.77. The molecule has 0 radical (unpaired) electrons. The van der Waals surface area contributed by atoms with Crippen LogP contribution in [0.5, 0.6) is 0 Å². The quantitative estimate of drug-likeness (QED) is 0.635. The van der Waals surface area contributed by atoms with E-state index in [-0.39, 0.29) is 0 Å². The lowest BCUT2D eigenvalue weighted by molar-refractivity contribution is 0.227. The lowest BCUT2D eigenvalue weighted by Crippen LogP contribution is -2.37. The Morgan fingerprint density at radius 2 is 1.80 bits per heavy atom. The van der Waals surface area contributed by atoms with E-state index in [4.69, 9.17) is 0 Å². The molecule has 92 valence electrons. The summed E-state index contributed by atoms with van der Waals surface area (Å²) in [4.78, 5) is 2.48. The van der Waals surface area contributed by atoms with Crippen LogP contribution in [0.2, 0.25) is 0 Å². The van der Waals surface area contributed by atoms with Crippen LogP contribution in [0.4, 0.5) is 0 Å². The number of hydrogen-bond donors (Lipinski definition) is 1. The van der Waals surface area contributed by atoms with Gasteiger partial charge in [0.05, 0.1) is 0 Å². The van der Waals surface area contributed by atoms with E-state index in [1.807, 2.05) is 0 Å². The zero-order chi connectivity index (χ0) is 11.7. The van der Waals surface area contributed by atoms with Crippen LogP contribution in [0.15, 0.2) is 0 Å². The van der Waals surface area contributed by atoms with Crippen molar-refractivity contribution in [3.63, 3.8) is 0 Å². The van der Waals surface area contributed by atoms with Crippen molar-refractivity contribution >= 4 is 0 Å².